The topological polar surface area (TPSA) is 27.7 Å². The largest absolute Gasteiger partial charge is 0.543 e. The second-order valence-electron chi connectivity index (χ2n) is 11.8. The Labute approximate surface area is 194 Å². The highest BCUT2D eigenvalue weighted by Crippen LogP contribution is 2.43. The zero-order valence-electron chi connectivity index (χ0n) is 21.3. The minimum absolute atomic E-state index is 0.112. The van der Waals surface area contributed by atoms with Gasteiger partial charge in [0.05, 0.1) is 11.2 Å². The van der Waals surface area contributed by atoms with Crippen LogP contribution in [0.15, 0.2) is 42.5 Å². The van der Waals surface area contributed by atoms with Crippen molar-refractivity contribution in [2.24, 2.45) is 0 Å². The predicted octanol–water partition coefficient (Wildman–Crippen LogP) is 6.98. The van der Waals surface area contributed by atoms with Crippen molar-refractivity contribution in [1.82, 2.24) is 0 Å². The maximum absolute atomic E-state index is 6.98. The molecule has 1 saturated heterocycles. The van der Waals surface area contributed by atoms with Gasteiger partial charge in [0.1, 0.15) is 5.75 Å². The number of fused-ring (bicyclic) bond motifs is 3. The second kappa shape index (κ2) is 7.34. The lowest BCUT2D eigenvalue weighted by Crippen LogP contribution is -2.44. The molecule has 0 unspecified atom stereocenters. The van der Waals surface area contributed by atoms with Crippen LogP contribution in [-0.2, 0) is 9.31 Å². The van der Waals surface area contributed by atoms with Crippen LogP contribution in [0, 0.1) is 6.92 Å². The summed E-state index contributed by atoms with van der Waals surface area (Å²) in [6.07, 6.45) is 0. The van der Waals surface area contributed by atoms with Crippen molar-refractivity contribution in [1.29, 1.82) is 0 Å². The molecular weight excluding hydrogens is 411 g/mol. The zero-order valence-corrected chi connectivity index (χ0v) is 22.3. The van der Waals surface area contributed by atoms with Crippen LogP contribution < -0.4 is 9.89 Å². The molecule has 1 heterocycles. The fourth-order valence-electron chi connectivity index (χ4n) is 4.02. The van der Waals surface area contributed by atoms with E-state index in [0.717, 1.165) is 16.6 Å². The smallest absolute Gasteiger partial charge is 0.494 e. The molecule has 3 nitrogen and oxygen atoms in total. The standard InChI is InChI=1S/C27H37BO3Si/c1-18-20-13-11-12-14-21(20)22-16-15-19(28-30-26(5,6)27(7,8)31-28)17-23(22)24(18)29-32(9,10)25(2,3)4/h11-17H,1-10H3. The van der Waals surface area contributed by atoms with Gasteiger partial charge >= 0.3 is 7.12 Å². The molecule has 0 bridgehead atoms. The third-order valence-corrected chi connectivity index (χ3v) is 12.3. The molecule has 0 radical (unpaired) electrons. The van der Waals surface area contributed by atoms with Crippen LogP contribution >= 0.6 is 0 Å². The first-order valence-corrected chi connectivity index (χ1v) is 14.6. The molecule has 0 amide bonds. The minimum atomic E-state index is -2.04. The molecule has 0 atom stereocenters. The molecule has 32 heavy (non-hydrogen) atoms. The number of rotatable bonds is 3. The Morgan fingerprint density at radius 3 is 1.91 bits per heavy atom. The van der Waals surface area contributed by atoms with Gasteiger partial charge in [-0.15, -0.1) is 0 Å². The fourth-order valence-corrected chi connectivity index (χ4v) is 5.10. The Morgan fingerprint density at radius 2 is 1.34 bits per heavy atom. The van der Waals surface area contributed by atoms with Gasteiger partial charge in [0, 0.05) is 5.39 Å². The Balaban J connectivity index is 1.94. The van der Waals surface area contributed by atoms with Crippen molar-refractivity contribution in [3.05, 3.63) is 48.0 Å². The summed E-state index contributed by atoms with van der Waals surface area (Å²) in [4.78, 5) is 0. The molecular formula is C27H37BO3Si. The molecule has 170 valence electrons. The summed E-state index contributed by atoms with van der Waals surface area (Å²) in [5.74, 6) is 1.00. The van der Waals surface area contributed by atoms with E-state index in [9.17, 15) is 0 Å². The summed E-state index contributed by atoms with van der Waals surface area (Å²) in [5.41, 5.74) is 1.49. The molecule has 5 heteroatoms. The Kier molecular flexibility index (Phi) is 5.36. The molecule has 1 aliphatic rings. The van der Waals surface area contributed by atoms with E-state index < -0.39 is 15.4 Å². The van der Waals surface area contributed by atoms with Gasteiger partial charge in [-0.1, -0.05) is 63.2 Å². The second-order valence-corrected chi connectivity index (χ2v) is 16.5. The number of hydrogen-bond donors (Lipinski definition) is 0. The summed E-state index contributed by atoms with van der Waals surface area (Å²) in [6.45, 7) is 22.0. The number of aryl methyl sites for hydroxylation is 1. The summed E-state index contributed by atoms with van der Waals surface area (Å²) >= 11 is 0. The lowest BCUT2D eigenvalue weighted by Gasteiger charge is -2.37. The van der Waals surface area contributed by atoms with Crippen LogP contribution in [0.3, 0.4) is 0 Å². The van der Waals surface area contributed by atoms with E-state index in [1.165, 1.54) is 21.7 Å². The van der Waals surface area contributed by atoms with E-state index in [-0.39, 0.29) is 16.2 Å². The van der Waals surface area contributed by atoms with Gasteiger partial charge in [-0.25, -0.2) is 0 Å². The van der Waals surface area contributed by atoms with Crippen LogP contribution in [0.1, 0.15) is 54.0 Å². The predicted molar refractivity (Wildman–Crippen MR) is 140 cm³/mol. The van der Waals surface area contributed by atoms with Gasteiger partial charge < -0.3 is 13.7 Å². The van der Waals surface area contributed by atoms with E-state index in [1.807, 2.05) is 0 Å². The molecule has 3 aromatic carbocycles. The van der Waals surface area contributed by atoms with Gasteiger partial charge in [0.2, 0.25) is 0 Å². The summed E-state index contributed by atoms with van der Waals surface area (Å²) in [7, 11) is -2.43. The summed E-state index contributed by atoms with van der Waals surface area (Å²) in [5, 5.41) is 4.96. The van der Waals surface area contributed by atoms with Crippen molar-refractivity contribution in [3.63, 3.8) is 0 Å². The SMILES string of the molecule is Cc1c(O[Si](C)(C)C(C)(C)C)c2cc(B3OC(C)(C)C(C)(C)O3)ccc2c2ccccc12. The molecule has 4 rings (SSSR count). The highest BCUT2D eigenvalue weighted by atomic mass is 28.4. The zero-order chi connectivity index (χ0) is 23.7. The third kappa shape index (κ3) is 3.68. The molecule has 0 saturated carbocycles. The molecule has 0 aliphatic carbocycles. The van der Waals surface area contributed by atoms with Crippen molar-refractivity contribution in [2.75, 3.05) is 0 Å². The first kappa shape index (κ1) is 23.3. The first-order valence-electron chi connectivity index (χ1n) is 11.6. The van der Waals surface area contributed by atoms with Crippen LogP contribution in [0.2, 0.25) is 18.1 Å². The summed E-state index contributed by atoms with van der Waals surface area (Å²) < 4.78 is 19.7. The van der Waals surface area contributed by atoms with Gasteiger partial charge in [-0.05, 0) is 79.9 Å². The van der Waals surface area contributed by atoms with Crippen LogP contribution in [0.25, 0.3) is 21.5 Å². The molecule has 1 fully saturated rings. The molecule has 0 aromatic heterocycles. The van der Waals surface area contributed by atoms with Crippen LogP contribution in [0.5, 0.6) is 5.75 Å². The van der Waals surface area contributed by atoms with Gasteiger partial charge in [-0.2, -0.15) is 0 Å². The van der Waals surface area contributed by atoms with Crippen LogP contribution in [-0.4, -0.2) is 26.6 Å². The normalized spacial score (nSPS) is 18.5. The van der Waals surface area contributed by atoms with E-state index in [1.54, 1.807) is 0 Å². The van der Waals surface area contributed by atoms with Gasteiger partial charge in [0.15, 0.2) is 0 Å². The Morgan fingerprint density at radius 1 is 0.812 bits per heavy atom. The van der Waals surface area contributed by atoms with Crippen molar-refractivity contribution in [2.45, 2.75) is 84.7 Å². The third-order valence-electron chi connectivity index (χ3n) is 7.94. The monoisotopic (exact) mass is 448 g/mol. The maximum atomic E-state index is 6.98. The maximum Gasteiger partial charge on any atom is 0.494 e. The highest BCUT2D eigenvalue weighted by Gasteiger charge is 2.51. The average Bonchev–Trinajstić information content (AvgIpc) is 2.91. The Hall–Kier alpha value is -1.82. The molecule has 0 spiro atoms. The fraction of sp³-hybridized carbons (Fsp3) is 0.481. The molecule has 0 N–H and O–H groups in total. The Bertz CT molecular complexity index is 1170. The quantitative estimate of drug-likeness (QED) is 0.319. The van der Waals surface area contributed by atoms with Gasteiger partial charge in [0.25, 0.3) is 8.32 Å². The lowest BCUT2D eigenvalue weighted by atomic mass is 9.77. The van der Waals surface area contributed by atoms with Crippen molar-refractivity contribution >= 4 is 42.4 Å². The highest BCUT2D eigenvalue weighted by molar-refractivity contribution is 6.75. The average molecular weight is 448 g/mol. The van der Waals surface area contributed by atoms with E-state index >= 15 is 0 Å². The lowest BCUT2D eigenvalue weighted by molar-refractivity contribution is 0.00578. The first-order chi connectivity index (χ1) is 14.6. The number of hydrogen-bond acceptors (Lipinski definition) is 3. The van der Waals surface area contributed by atoms with Crippen LogP contribution in [0.4, 0.5) is 0 Å². The number of benzene rings is 3. The molecule has 3 aromatic rings. The van der Waals surface area contributed by atoms with Gasteiger partial charge in [-0.3, -0.25) is 0 Å². The minimum Gasteiger partial charge on any atom is -0.543 e. The van der Waals surface area contributed by atoms with Crippen molar-refractivity contribution < 1.29 is 13.7 Å². The van der Waals surface area contributed by atoms with E-state index in [2.05, 4.69) is 111 Å². The summed E-state index contributed by atoms with van der Waals surface area (Å²) in [6, 6.07) is 15.2. The van der Waals surface area contributed by atoms with E-state index in [4.69, 9.17) is 13.7 Å². The molecule has 1 aliphatic heterocycles. The van der Waals surface area contributed by atoms with E-state index in [0.29, 0.717) is 0 Å². The van der Waals surface area contributed by atoms with Crippen molar-refractivity contribution in [3.8, 4) is 5.75 Å².